The fraction of sp³-hybridized carbons (Fsp3) is 0.857. The van der Waals surface area contributed by atoms with E-state index in [1.54, 1.807) is 20.8 Å². The SMILES string of the molecule is CO[C@H]([C@@H](C)C(=O)O)[C@@H]1C[C@H](O)CN1C(=O)OC(C)(C)C. The van der Waals surface area contributed by atoms with Crippen LogP contribution in [0.3, 0.4) is 0 Å². The number of aliphatic carboxylic acids is 1. The molecule has 1 heterocycles. The molecule has 0 unspecified atom stereocenters. The number of carboxylic acids is 1. The number of β-amino-alcohol motifs (C(OH)–C–C–N with tert-alkyl or cyclic N) is 1. The van der Waals surface area contributed by atoms with Gasteiger partial charge in [0.25, 0.3) is 0 Å². The molecule has 1 rings (SSSR count). The molecule has 1 aliphatic heterocycles. The molecule has 0 bridgehead atoms. The van der Waals surface area contributed by atoms with Gasteiger partial charge in [0.05, 0.1) is 30.7 Å². The number of methoxy groups -OCH3 is 1. The van der Waals surface area contributed by atoms with Crippen LogP contribution < -0.4 is 0 Å². The van der Waals surface area contributed by atoms with Crippen molar-refractivity contribution in [3.05, 3.63) is 0 Å². The highest BCUT2D eigenvalue weighted by Crippen LogP contribution is 2.28. The topological polar surface area (TPSA) is 96.3 Å². The van der Waals surface area contributed by atoms with Gasteiger partial charge in [0.15, 0.2) is 0 Å². The van der Waals surface area contributed by atoms with E-state index in [9.17, 15) is 14.7 Å². The Balaban J connectivity index is 2.92. The lowest BCUT2D eigenvalue weighted by atomic mass is 9.95. The van der Waals surface area contributed by atoms with E-state index in [0.717, 1.165) is 0 Å². The standard InChI is InChI=1S/C14H25NO6/c1-8(12(17)18)11(20-5)10-6-9(16)7-15(10)13(19)21-14(2,3)4/h8-11,16H,6-7H2,1-5H3,(H,17,18)/t8-,9+,10+,11-/m1/s1. The molecule has 0 aromatic heterocycles. The molecule has 1 fully saturated rings. The van der Waals surface area contributed by atoms with Gasteiger partial charge in [-0.05, 0) is 34.1 Å². The summed E-state index contributed by atoms with van der Waals surface area (Å²) in [5, 5.41) is 19.0. The van der Waals surface area contributed by atoms with Crippen LogP contribution in [0.15, 0.2) is 0 Å². The van der Waals surface area contributed by atoms with E-state index in [1.807, 2.05) is 0 Å². The smallest absolute Gasteiger partial charge is 0.410 e. The van der Waals surface area contributed by atoms with Crippen LogP contribution in [-0.4, -0.2) is 64.7 Å². The Hall–Kier alpha value is -1.34. The molecule has 7 nitrogen and oxygen atoms in total. The highest BCUT2D eigenvalue weighted by molar-refractivity contribution is 5.72. The van der Waals surface area contributed by atoms with Crippen LogP contribution in [0.25, 0.3) is 0 Å². The first-order valence-electron chi connectivity index (χ1n) is 7.00. The fourth-order valence-electron chi connectivity index (χ4n) is 2.52. The molecule has 1 aliphatic rings. The van der Waals surface area contributed by atoms with Gasteiger partial charge in [-0.25, -0.2) is 4.79 Å². The minimum Gasteiger partial charge on any atom is -0.481 e. The molecular formula is C14H25NO6. The molecule has 0 aromatic carbocycles. The number of carboxylic acid groups (broad SMARTS) is 1. The van der Waals surface area contributed by atoms with Gasteiger partial charge >= 0.3 is 12.1 Å². The van der Waals surface area contributed by atoms with Crippen molar-refractivity contribution in [2.75, 3.05) is 13.7 Å². The molecular weight excluding hydrogens is 278 g/mol. The second kappa shape index (κ2) is 6.62. The number of rotatable bonds is 4. The van der Waals surface area contributed by atoms with Crippen molar-refractivity contribution in [1.82, 2.24) is 4.90 Å². The van der Waals surface area contributed by atoms with E-state index < -0.39 is 41.8 Å². The van der Waals surface area contributed by atoms with Crippen molar-refractivity contribution < 1.29 is 29.3 Å². The van der Waals surface area contributed by atoms with Crippen LogP contribution in [0.2, 0.25) is 0 Å². The predicted octanol–water partition coefficient (Wildman–Crippen LogP) is 1.09. The summed E-state index contributed by atoms with van der Waals surface area (Å²) in [6, 6.07) is -0.522. The Morgan fingerprint density at radius 2 is 1.90 bits per heavy atom. The molecule has 2 N–H and O–H groups in total. The van der Waals surface area contributed by atoms with Gasteiger partial charge in [-0.15, -0.1) is 0 Å². The predicted molar refractivity (Wildman–Crippen MR) is 74.9 cm³/mol. The Morgan fingerprint density at radius 1 is 1.33 bits per heavy atom. The van der Waals surface area contributed by atoms with Gasteiger partial charge in [-0.1, -0.05) is 0 Å². The van der Waals surface area contributed by atoms with Crippen LogP contribution in [0.5, 0.6) is 0 Å². The quantitative estimate of drug-likeness (QED) is 0.807. The average Bonchev–Trinajstić information content (AvgIpc) is 2.70. The average molecular weight is 303 g/mol. The number of hydrogen-bond acceptors (Lipinski definition) is 5. The number of carbonyl (C=O) groups excluding carboxylic acids is 1. The molecule has 4 atom stereocenters. The highest BCUT2D eigenvalue weighted by atomic mass is 16.6. The van der Waals surface area contributed by atoms with Crippen molar-refractivity contribution in [2.45, 2.75) is 58.0 Å². The maximum absolute atomic E-state index is 12.2. The van der Waals surface area contributed by atoms with Crippen LogP contribution in [-0.2, 0) is 14.3 Å². The van der Waals surface area contributed by atoms with E-state index in [0.29, 0.717) is 0 Å². The number of carbonyl (C=O) groups is 2. The molecule has 122 valence electrons. The van der Waals surface area contributed by atoms with Crippen LogP contribution in [0, 0.1) is 5.92 Å². The minimum atomic E-state index is -1.01. The third-order valence-corrected chi connectivity index (χ3v) is 3.48. The van der Waals surface area contributed by atoms with E-state index in [2.05, 4.69) is 0 Å². The van der Waals surface area contributed by atoms with Gasteiger partial charge in [0.2, 0.25) is 0 Å². The summed E-state index contributed by atoms with van der Waals surface area (Å²) >= 11 is 0. The third-order valence-electron chi connectivity index (χ3n) is 3.48. The van der Waals surface area contributed by atoms with E-state index in [1.165, 1.54) is 18.9 Å². The zero-order valence-electron chi connectivity index (χ0n) is 13.2. The summed E-state index contributed by atoms with van der Waals surface area (Å²) in [6.07, 6.45) is -1.70. The minimum absolute atomic E-state index is 0.117. The van der Waals surface area contributed by atoms with E-state index in [4.69, 9.17) is 14.6 Å². The number of aliphatic hydroxyl groups excluding tert-OH is 1. The Bertz CT molecular complexity index is 391. The molecule has 1 amide bonds. The lowest BCUT2D eigenvalue weighted by Gasteiger charge is -2.33. The Kier molecular flexibility index (Phi) is 5.58. The molecule has 0 aromatic rings. The Labute approximate surface area is 124 Å². The first-order chi connectivity index (χ1) is 9.56. The van der Waals surface area contributed by atoms with Crippen molar-refractivity contribution in [1.29, 1.82) is 0 Å². The molecule has 1 saturated heterocycles. The van der Waals surface area contributed by atoms with Gasteiger partial charge in [0.1, 0.15) is 5.60 Å². The number of hydrogen-bond donors (Lipinski definition) is 2. The van der Waals surface area contributed by atoms with Gasteiger partial charge < -0.3 is 19.7 Å². The van der Waals surface area contributed by atoms with Crippen molar-refractivity contribution in [2.24, 2.45) is 5.92 Å². The number of amides is 1. The largest absolute Gasteiger partial charge is 0.481 e. The molecule has 0 aliphatic carbocycles. The normalized spacial score (nSPS) is 25.5. The summed E-state index contributed by atoms with van der Waals surface area (Å²) < 4.78 is 10.6. The number of ether oxygens (including phenoxy) is 2. The molecule has 21 heavy (non-hydrogen) atoms. The van der Waals surface area contributed by atoms with E-state index >= 15 is 0 Å². The zero-order chi connectivity index (χ0) is 16.4. The maximum Gasteiger partial charge on any atom is 0.410 e. The van der Waals surface area contributed by atoms with Crippen LogP contribution in [0.1, 0.15) is 34.1 Å². The summed E-state index contributed by atoms with van der Waals surface area (Å²) in [6.45, 7) is 6.89. The summed E-state index contributed by atoms with van der Waals surface area (Å²) in [7, 11) is 1.40. The van der Waals surface area contributed by atoms with Crippen molar-refractivity contribution >= 4 is 12.1 Å². The second-order valence-corrected chi connectivity index (χ2v) is 6.42. The summed E-state index contributed by atoms with van der Waals surface area (Å²) in [4.78, 5) is 24.7. The third kappa shape index (κ3) is 4.57. The molecule has 0 spiro atoms. The maximum atomic E-state index is 12.2. The van der Waals surface area contributed by atoms with Gasteiger partial charge in [-0.3, -0.25) is 9.69 Å². The lowest BCUT2D eigenvalue weighted by Crippen LogP contribution is -2.49. The van der Waals surface area contributed by atoms with Crippen LogP contribution in [0.4, 0.5) is 4.79 Å². The molecule has 7 heteroatoms. The van der Waals surface area contributed by atoms with Crippen LogP contribution >= 0.6 is 0 Å². The number of likely N-dealkylation sites (tertiary alicyclic amines) is 1. The van der Waals surface area contributed by atoms with Crippen molar-refractivity contribution in [3.8, 4) is 0 Å². The monoisotopic (exact) mass is 303 g/mol. The first kappa shape index (κ1) is 17.7. The second-order valence-electron chi connectivity index (χ2n) is 6.42. The molecule has 0 saturated carbocycles. The number of nitrogens with zero attached hydrogens (tertiary/aromatic N) is 1. The highest BCUT2D eigenvalue weighted by Gasteiger charge is 2.44. The summed E-state index contributed by atoms with van der Waals surface area (Å²) in [5.74, 6) is -1.80. The van der Waals surface area contributed by atoms with Gasteiger partial charge in [-0.2, -0.15) is 0 Å². The zero-order valence-corrected chi connectivity index (χ0v) is 13.2. The fourth-order valence-corrected chi connectivity index (χ4v) is 2.52. The Morgan fingerprint density at radius 3 is 2.33 bits per heavy atom. The van der Waals surface area contributed by atoms with Crippen molar-refractivity contribution in [3.63, 3.8) is 0 Å². The number of aliphatic hydroxyl groups is 1. The molecule has 0 radical (unpaired) electrons. The van der Waals surface area contributed by atoms with Gasteiger partial charge in [0, 0.05) is 7.11 Å². The first-order valence-corrected chi connectivity index (χ1v) is 7.00. The lowest BCUT2D eigenvalue weighted by molar-refractivity contribution is -0.147. The van der Waals surface area contributed by atoms with E-state index in [-0.39, 0.29) is 13.0 Å². The summed E-state index contributed by atoms with van der Waals surface area (Å²) in [5.41, 5.74) is -0.657.